The quantitative estimate of drug-likeness (QED) is 0.333. The lowest BCUT2D eigenvalue weighted by atomic mass is 10.1. The zero-order valence-corrected chi connectivity index (χ0v) is 17.7. The number of amides is 1. The lowest BCUT2D eigenvalue weighted by molar-refractivity contribution is -0.145. The average Bonchev–Trinajstić information content (AvgIpc) is 3.19. The summed E-state index contributed by atoms with van der Waals surface area (Å²) in [5.41, 5.74) is 0.300. The molecule has 0 bridgehead atoms. The van der Waals surface area contributed by atoms with Crippen molar-refractivity contribution >= 4 is 34.0 Å². The standard InChI is InChI=1S/C22H18F4N2O3S/c1-14(29)28(19-4-2-3-16(11-19)22(24,25)26)21-27-18(13-32-21)12-31-20(30)10-7-15-5-8-17(23)9-6-15/h2-6,8-9,11,13H,7,10,12H2,1H3. The topological polar surface area (TPSA) is 59.5 Å². The van der Waals surface area contributed by atoms with Crippen LogP contribution in [0.3, 0.4) is 0 Å². The number of carbonyl (C=O) groups is 2. The van der Waals surface area contributed by atoms with Crippen LogP contribution in [0.1, 0.15) is 30.2 Å². The third-order valence-corrected chi connectivity index (χ3v) is 5.26. The molecular weight excluding hydrogens is 448 g/mol. The van der Waals surface area contributed by atoms with Gasteiger partial charge in [0.05, 0.1) is 16.9 Å². The van der Waals surface area contributed by atoms with Crippen molar-refractivity contribution in [1.29, 1.82) is 0 Å². The molecule has 0 aliphatic carbocycles. The van der Waals surface area contributed by atoms with E-state index in [9.17, 15) is 27.2 Å². The second-order valence-corrected chi connectivity index (χ2v) is 7.65. The Labute approximate surface area is 185 Å². The lowest BCUT2D eigenvalue weighted by Crippen LogP contribution is -2.23. The van der Waals surface area contributed by atoms with Crippen LogP contribution in [0, 0.1) is 5.82 Å². The Morgan fingerprint density at radius 1 is 1.12 bits per heavy atom. The summed E-state index contributed by atoms with van der Waals surface area (Å²) in [6.45, 7) is 1.07. The lowest BCUT2D eigenvalue weighted by Gasteiger charge is -2.19. The summed E-state index contributed by atoms with van der Waals surface area (Å²) >= 11 is 1.04. The molecular formula is C22H18F4N2O3S. The van der Waals surface area contributed by atoms with Gasteiger partial charge in [-0.25, -0.2) is 9.37 Å². The van der Waals surface area contributed by atoms with E-state index in [4.69, 9.17) is 4.74 Å². The van der Waals surface area contributed by atoms with Crippen molar-refractivity contribution in [2.45, 2.75) is 32.5 Å². The van der Waals surface area contributed by atoms with E-state index in [0.29, 0.717) is 12.1 Å². The normalized spacial score (nSPS) is 11.3. The molecule has 32 heavy (non-hydrogen) atoms. The summed E-state index contributed by atoms with van der Waals surface area (Å²) in [4.78, 5) is 29.4. The summed E-state index contributed by atoms with van der Waals surface area (Å²) in [7, 11) is 0. The molecule has 2 aromatic carbocycles. The third-order valence-electron chi connectivity index (χ3n) is 4.39. The van der Waals surface area contributed by atoms with Crippen molar-refractivity contribution < 1.29 is 31.9 Å². The monoisotopic (exact) mass is 466 g/mol. The first-order valence-corrected chi connectivity index (χ1v) is 10.3. The summed E-state index contributed by atoms with van der Waals surface area (Å²) in [6, 6.07) is 10.2. The van der Waals surface area contributed by atoms with Crippen LogP contribution in [0.25, 0.3) is 0 Å². The van der Waals surface area contributed by atoms with Gasteiger partial charge in [-0.15, -0.1) is 11.3 Å². The molecule has 1 heterocycles. The zero-order chi connectivity index (χ0) is 23.3. The van der Waals surface area contributed by atoms with Gasteiger partial charge in [-0.05, 0) is 42.3 Å². The molecule has 168 valence electrons. The van der Waals surface area contributed by atoms with Crippen LogP contribution >= 0.6 is 11.3 Å². The predicted molar refractivity (Wildman–Crippen MR) is 111 cm³/mol. The number of carbonyl (C=O) groups excluding carboxylic acids is 2. The van der Waals surface area contributed by atoms with Crippen LogP contribution in [-0.2, 0) is 33.5 Å². The van der Waals surface area contributed by atoms with E-state index < -0.39 is 23.6 Å². The van der Waals surface area contributed by atoms with Crippen LogP contribution in [0.5, 0.6) is 0 Å². The van der Waals surface area contributed by atoms with E-state index in [0.717, 1.165) is 33.9 Å². The number of ether oxygens (including phenoxy) is 1. The molecule has 0 atom stereocenters. The van der Waals surface area contributed by atoms with Crippen molar-refractivity contribution in [3.63, 3.8) is 0 Å². The largest absolute Gasteiger partial charge is 0.459 e. The van der Waals surface area contributed by atoms with E-state index in [1.807, 2.05) is 0 Å². The highest BCUT2D eigenvalue weighted by molar-refractivity contribution is 7.14. The van der Waals surface area contributed by atoms with Gasteiger partial charge in [-0.1, -0.05) is 18.2 Å². The summed E-state index contributed by atoms with van der Waals surface area (Å²) < 4.78 is 57.2. The Morgan fingerprint density at radius 3 is 2.50 bits per heavy atom. The third kappa shape index (κ3) is 6.13. The molecule has 0 saturated carbocycles. The van der Waals surface area contributed by atoms with E-state index >= 15 is 0 Å². The van der Waals surface area contributed by atoms with E-state index in [-0.39, 0.29) is 29.7 Å². The smallest absolute Gasteiger partial charge is 0.416 e. The molecule has 0 radical (unpaired) electrons. The Bertz CT molecular complexity index is 1100. The van der Waals surface area contributed by atoms with Crippen LogP contribution in [0.15, 0.2) is 53.9 Å². The summed E-state index contributed by atoms with van der Waals surface area (Å²) in [6.07, 6.45) is -4.07. The maximum absolute atomic E-state index is 13.0. The van der Waals surface area contributed by atoms with E-state index in [2.05, 4.69) is 4.98 Å². The molecule has 0 aliphatic heterocycles. The molecule has 1 amide bonds. The number of rotatable bonds is 7. The van der Waals surface area contributed by atoms with Crippen LogP contribution in [-0.4, -0.2) is 16.9 Å². The van der Waals surface area contributed by atoms with Gasteiger partial charge in [0.25, 0.3) is 0 Å². The minimum absolute atomic E-state index is 0.0320. The molecule has 3 rings (SSSR count). The van der Waals surface area contributed by atoms with Gasteiger partial charge in [0, 0.05) is 18.7 Å². The number of hydrogen-bond acceptors (Lipinski definition) is 5. The highest BCUT2D eigenvalue weighted by atomic mass is 32.1. The van der Waals surface area contributed by atoms with Crippen molar-refractivity contribution in [1.82, 2.24) is 4.98 Å². The van der Waals surface area contributed by atoms with Crippen molar-refractivity contribution in [2.75, 3.05) is 4.90 Å². The fourth-order valence-corrected chi connectivity index (χ4v) is 3.71. The van der Waals surface area contributed by atoms with Crippen molar-refractivity contribution in [3.8, 4) is 0 Å². The van der Waals surface area contributed by atoms with E-state index in [1.165, 1.54) is 31.2 Å². The molecule has 10 heteroatoms. The van der Waals surface area contributed by atoms with Gasteiger partial charge in [0.1, 0.15) is 12.4 Å². The summed E-state index contributed by atoms with van der Waals surface area (Å²) in [5.74, 6) is -1.35. The minimum Gasteiger partial charge on any atom is -0.459 e. The highest BCUT2D eigenvalue weighted by Gasteiger charge is 2.31. The Morgan fingerprint density at radius 2 is 1.84 bits per heavy atom. The molecule has 3 aromatic rings. The minimum atomic E-state index is -4.55. The number of halogens is 4. The number of aromatic nitrogens is 1. The number of esters is 1. The predicted octanol–water partition coefficient (Wildman–Crippen LogP) is 5.66. The fourth-order valence-electron chi connectivity index (χ4n) is 2.84. The second-order valence-electron chi connectivity index (χ2n) is 6.81. The van der Waals surface area contributed by atoms with Crippen molar-refractivity contribution in [2.24, 2.45) is 0 Å². The SMILES string of the molecule is CC(=O)N(c1cccc(C(F)(F)F)c1)c1nc(COC(=O)CCc2ccc(F)cc2)cs1. The van der Waals surface area contributed by atoms with Crippen LogP contribution in [0.2, 0.25) is 0 Å². The maximum Gasteiger partial charge on any atom is 0.416 e. The van der Waals surface area contributed by atoms with Gasteiger partial charge >= 0.3 is 12.1 Å². The number of hydrogen-bond donors (Lipinski definition) is 0. The second kappa shape index (κ2) is 9.90. The molecule has 0 unspecified atom stereocenters. The van der Waals surface area contributed by atoms with Gasteiger partial charge in [0.2, 0.25) is 5.91 Å². The molecule has 5 nitrogen and oxygen atoms in total. The number of aryl methyl sites for hydroxylation is 1. The number of anilines is 2. The molecule has 0 N–H and O–H groups in total. The first-order chi connectivity index (χ1) is 15.1. The first-order valence-electron chi connectivity index (χ1n) is 9.46. The van der Waals surface area contributed by atoms with Crippen LogP contribution in [0.4, 0.5) is 28.4 Å². The van der Waals surface area contributed by atoms with Gasteiger partial charge in [0.15, 0.2) is 5.13 Å². The maximum atomic E-state index is 13.0. The highest BCUT2D eigenvalue weighted by Crippen LogP contribution is 2.35. The number of thiazole rings is 1. The molecule has 0 aliphatic rings. The molecule has 0 saturated heterocycles. The zero-order valence-electron chi connectivity index (χ0n) is 16.9. The number of benzene rings is 2. The number of nitrogens with zero attached hydrogens (tertiary/aromatic N) is 2. The molecule has 0 spiro atoms. The Hall–Kier alpha value is -3.27. The molecule has 0 fully saturated rings. The van der Waals surface area contributed by atoms with Gasteiger partial charge in [-0.2, -0.15) is 13.2 Å². The number of alkyl halides is 3. The Balaban J connectivity index is 1.63. The Kier molecular flexibility index (Phi) is 7.24. The summed E-state index contributed by atoms with van der Waals surface area (Å²) in [5, 5.41) is 1.72. The fraction of sp³-hybridized carbons (Fsp3) is 0.227. The van der Waals surface area contributed by atoms with Gasteiger partial charge < -0.3 is 4.74 Å². The van der Waals surface area contributed by atoms with Gasteiger partial charge in [-0.3, -0.25) is 14.5 Å². The molecule has 1 aromatic heterocycles. The average molecular weight is 466 g/mol. The first kappa shape index (κ1) is 23.4. The van der Waals surface area contributed by atoms with Crippen molar-refractivity contribution in [3.05, 3.63) is 76.5 Å². The van der Waals surface area contributed by atoms with E-state index in [1.54, 1.807) is 17.5 Å². The van der Waals surface area contributed by atoms with Crippen LogP contribution < -0.4 is 4.90 Å².